The van der Waals surface area contributed by atoms with Gasteiger partial charge in [0.1, 0.15) is 11.4 Å². The monoisotopic (exact) mass is 404 g/mol. The molecule has 3 rings (SSSR count). The minimum Gasteiger partial charge on any atom is -0.463 e. The van der Waals surface area contributed by atoms with Crippen LogP contribution in [0.25, 0.3) is 0 Å². The second-order valence-corrected chi connectivity index (χ2v) is 6.57. The average molecular weight is 404 g/mol. The molecule has 0 spiro atoms. The normalized spacial score (nSPS) is 21.6. The molecule has 3 N–H and O–H groups in total. The first-order valence-electron chi connectivity index (χ1n) is 9.16. The molecule has 0 aliphatic carbocycles. The molecule has 1 aromatic rings. The Balaban J connectivity index is 1.93. The number of halogens is 1. The van der Waals surface area contributed by atoms with Gasteiger partial charge in [0.15, 0.2) is 0 Å². The van der Waals surface area contributed by atoms with Crippen LogP contribution in [0, 0.1) is 5.82 Å². The first-order chi connectivity index (χ1) is 13.8. The summed E-state index contributed by atoms with van der Waals surface area (Å²) in [4.78, 5) is 50.6. The molecule has 1 saturated heterocycles. The fourth-order valence-electron chi connectivity index (χ4n) is 3.38. The Bertz CT molecular complexity index is 898. The van der Waals surface area contributed by atoms with Gasteiger partial charge in [0.05, 0.1) is 31.0 Å². The molecule has 29 heavy (non-hydrogen) atoms. The predicted molar refractivity (Wildman–Crippen MR) is 98.8 cm³/mol. The number of benzene rings is 1. The van der Waals surface area contributed by atoms with Crippen molar-refractivity contribution in [1.29, 1.82) is 0 Å². The van der Waals surface area contributed by atoms with Crippen LogP contribution in [0.5, 0.6) is 0 Å². The Kier molecular flexibility index (Phi) is 5.53. The number of carbonyl (C=O) groups excluding carboxylic acids is 4. The van der Waals surface area contributed by atoms with E-state index in [1.807, 2.05) is 0 Å². The van der Waals surface area contributed by atoms with E-state index in [9.17, 15) is 23.6 Å². The van der Waals surface area contributed by atoms with E-state index >= 15 is 0 Å². The summed E-state index contributed by atoms with van der Waals surface area (Å²) in [6.07, 6.45) is 0.234. The Hall–Kier alpha value is -3.43. The highest BCUT2D eigenvalue weighted by Gasteiger charge is 2.51. The molecule has 2 heterocycles. The molecule has 5 amide bonds. The smallest absolute Gasteiger partial charge is 0.337 e. The highest BCUT2D eigenvalue weighted by molar-refractivity contribution is 6.08. The molecule has 0 radical (unpaired) electrons. The molecule has 154 valence electrons. The van der Waals surface area contributed by atoms with Crippen LogP contribution in [0.1, 0.15) is 25.8 Å². The van der Waals surface area contributed by atoms with Gasteiger partial charge in [-0.25, -0.2) is 18.8 Å². The summed E-state index contributed by atoms with van der Waals surface area (Å²) >= 11 is 0. The third-order valence-corrected chi connectivity index (χ3v) is 4.94. The van der Waals surface area contributed by atoms with E-state index < -0.39 is 35.3 Å². The molecule has 2 aliphatic rings. The fraction of sp³-hybridized carbons (Fsp3) is 0.368. The lowest BCUT2D eigenvalue weighted by Crippen LogP contribution is -2.48. The van der Waals surface area contributed by atoms with Crippen molar-refractivity contribution in [2.75, 3.05) is 19.7 Å². The van der Waals surface area contributed by atoms with Gasteiger partial charge in [0, 0.05) is 0 Å². The lowest BCUT2D eigenvalue weighted by molar-refractivity contribution is -0.139. The van der Waals surface area contributed by atoms with Gasteiger partial charge >= 0.3 is 18.0 Å². The second kappa shape index (κ2) is 7.90. The maximum atomic E-state index is 13.3. The van der Waals surface area contributed by atoms with Crippen molar-refractivity contribution in [2.24, 2.45) is 0 Å². The van der Waals surface area contributed by atoms with Gasteiger partial charge in [-0.2, -0.15) is 0 Å². The number of esters is 1. The number of amides is 5. The number of imide groups is 1. The van der Waals surface area contributed by atoms with Crippen molar-refractivity contribution in [2.45, 2.75) is 25.8 Å². The van der Waals surface area contributed by atoms with Gasteiger partial charge < -0.3 is 20.7 Å². The predicted octanol–water partition coefficient (Wildman–Crippen LogP) is 1.11. The first-order valence-corrected chi connectivity index (χ1v) is 9.16. The van der Waals surface area contributed by atoms with Crippen molar-refractivity contribution < 1.29 is 28.3 Å². The molecule has 10 heteroatoms. The number of nitrogens with one attached hydrogen (secondary N) is 3. The molecule has 0 saturated carbocycles. The van der Waals surface area contributed by atoms with Gasteiger partial charge in [-0.15, -0.1) is 0 Å². The maximum absolute atomic E-state index is 13.3. The molecule has 1 aromatic carbocycles. The highest BCUT2D eigenvalue weighted by Crippen LogP contribution is 2.33. The Morgan fingerprint density at radius 1 is 1.21 bits per heavy atom. The number of rotatable bonds is 6. The molecule has 1 fully saturated rings. The van der Waals surface area contributed by atoms with E-state index in [1.165, 1.54) is 24.3 Å². The summed E-state index contributed by atoms with van der Waals surface area (Å²) in [5, 5.41) is 7.60. The molecule has 9 nitrogen and oxygen atoms in total. The van der Waals surface area contributed by atoms with Gasteiger partial charge in [-0.1, -0.05) is 19.1 Å². The van der Waals surface area contributed by atoms with Gasteiger partial charge in [-0.05, 0) is 31.0 Å². The van der Waals surface area contributed by atoms with Crippen LogP contribution in [0.3, 0.4) is 0 Å². The standard InChI is InChI=1S/C19H21FN4O5/c1-3-19(11-5-7-12(20)8-6-11)16(26)24(18(28)23-19)10-14-13(15(25)29-4-2)9-21-17(27)22-14/h5-8H,3-4,9-10H2,1-2H3,(H,23,28)(H2,21,22,27). The minimum absolute atomic E-state index is 0.0828. The quantitative estimate of drug-likeness (QED) is 0.485. The fourth-order valence-corrected chi connectivity index (χ4v) is 3.38. The largest absolute Gasteiger partial charge is 0.463 e. The third kappa shape index (κ3) is 3.65. The summed E-state index contributed by atoms with van der Waals surface area (Å²) < 4.78 is 18.3. The molecule has 0 bridgehead atoms. The summed E-state index contributed by atoms with van der Waals surface area (Å²) in [7, 11) is 0. The van der Waals surface area contributed by atoms with Crippen LogP contribution >= 0.6 is 0 Å². The van der Waals surface area contributed by atoms with Gasteiger partial charge in [-0.3, -0.25) is 9.69 Å². The molecular weight excluding hydrogens is 383 g/mol. The first kappa shape index (κ1) is 20.3. The minimum atomic E-state index is -1.35. The average Bonchev–Trinajstić information content (AvgIpc) is 2.94. The zero-order valence-electron chi connectivity index (χ0n) is 16.0. The van der Waals surface area contributed by atoms with Gasteiger partial charge in [0.25, 0.3) is 5.91 Å². The van der Waals surface area contributed by atoms with E-state index in [1.54, 1.807) is 13.8 Å². The molecule has 2 aliphatic heterocycles. The van der Waals surface area contributed by atoms with E-state index in [4.69, 9.17) is 4.74 Å². The Morgan fingerprint density at radius 2 is 1.90 bits per heavy atom. The SMILES string of the molecule is CCOC(=O)C1=C(CN2C(=O)NC(CC)(c3ccc(F)cc3)C2=O)NC(=O)NC1. The number of ether oxygens (including phenoxy) is 1. The molecule has 1 atom stereocenters. The maximum Gasteiger partial charge on any atom is 0.337 e. The molecular formula is C19H21FN4O5. The zero-order valence-corrected chi connectivity index (χ0v) is 16.0. The van der Waals surface area contributed by atoms with Crippen LogP contribution in [-0.2, 0) is 19.9 Å². The number of hydrogen-bond acceptors (Lipinski definition) is 5. The van der Waals surface area contributed by atoms with Crippen molar-refractivity contribution in [1.82, 2.24) is 20.9 Å². The van der Waals surface area contributed by atoms with Crippen molar-refractivity contribution in [3.63, 3.8) is 0 Å². The van der Waals surface area contributed by atoms with E-state index in [-0.39, 0.29) is 37.4 Å². The topological polar surface area (TPSA) is 117 Å². The van der Waals surface area contributed by atoms with Crippen molar-refractivity contribution >= 4 is 23.9 Å². The van der Waals surface area contributed by atoms with Crippen LogP contribution in [0.15, 0.2) is 35.5 Å². The molecule has 1 unspecified atom stereocenters. The Morgan fingerprint density at radius 3 is 2.52 bits per heavy atom. The van der Waals surface area contributed by atoms with Crippen molar-refractivity contribution in [3.05, 3.63) is 46.9 Å². The summed E-state index contributed by atoms with van der Waals surface area (Å²) in [5.41, 5.74) is -0.674. The summed E-state index contributed by atoms with van der Waals surface area (Å²) in [5.74, 6) is -1.67. The Labute approximate surface area is 166 Å². The highest BCUT2D eigenvalue weighted by atomic mass is 19.1. The number of nitrogens with zero attached hydrogens (tertiary/aromatic N) is 1. The van der Waals surface area contributed by atoms with Crippen LogP contribution in [-0.4, -0.2) is 48.5 Å². The number of urea groups is 2. The lowest BCUT2D eigenvalue weighted by Gasteiger charge is -2.27. The second-order valence-electron chi connectivity index (χ2n) is 6.57. The third-order valence-electron chi connectivity index (χ3n) is 4.94. The van der Waals surface area contributed by atoms with Crippen molar-refractivity contribution in [3.8, 4) is 0 Å². The van der Waals surface area contributed by atoms with E-state index in [2.05, 4.69) is 16.0 Å². The number of hydrogen-bond donors (Lipinski definition) is 3. The summed E-state index contributed by atoms with van der Waals surface area (Å²) in [6, 6.07) is 4.07. The lowest BCUT2D eigenvalue weighted by atomic mass is 9.87. The zero-order chi connectivity index (χ0) is 21.2. The molecule has 0 aromatic heterocycles. The number of carbonyl (C=O) groups is 4. The summed E-state index contributed by atoms with van der Waals surface area (Å²) in [6.45, 7) is 3.11. The van der Waals surface area contributed by atoms with E-state index in [0.717, 1.165) is 4.90 Å². The van der Waals surface area contributed by atoms with Crippen LogP contribution in [0.4, 0.5) is 14.0 Å². The van der Waals surface area contributed by atoms with Gasteiger partial charge in [0.2, 0.25) is 0 Å². The van der Waals surface area contributed by atoms with Crippen LogP contribution in [0.2, 0.25) is 0 Å². The van der Waals surface area contributed by atoms with Crippen LogP contribution < -0.4 is 16.0 Å². The van der Waals surface area contributed by atoms with E-state index in [0.29, 0.717) is 5.56 Å².